The Hall–Kier alpha value is -2.41. The molecule has 5 rings (SSSR count). The highest BCUT2D eigenvalue weighted by atomic mass is 19.1. The lowest BCUT2D eigenvalue weighted by atomic mass is 10.0. The van der Waals surface area contributed by atoms with E-state index in [1.165, 1.54) is 6.42 Å². The van der Waals surface area contributed by atoms with Crippen molar-refractivity contribution in [2.24, 2.45) is 5.92 Å². The number of rotatable bonds is 4. The van der Waals surface area contributed by atoms with Crippen LogP contribution >= 0.6 is 0 Å². The third-order valence-corrected chi connectivity index (χ3v) is 6.96. The Morgan fingerprint density at radius 2 is 1.94 bits per heavy atom. The summed E-state index contributed by atoms with van der Waals surface area (Å²) in [5, 5.41) is 0. The molecular weight excluding hydrogens is 393 g/mol. The molecule has 0 unspecified atom stereocenters. The van der Waals surface area contributed by atoms with Crippen molar-refractivity contribution >= 4 is 11.6 Å². The summed E-state index contributed by atoms with van der Waals surface area (Å²) in [4.78, 5) is 27.2. The summed E-state index contributed by atoms with van der Waals surface area (Å²) in [6.45, 7) is 8.10. The Kier molecular flexibility index (Phi) is 5.69. The molecule has 3 aliphatic heterocycles. The normalized spacial score (nSPS) is 22.1. The van der Waals surface area contributed by atoms with Gasteiger partial charge in [0.1, 0.15) is 5.82 Å². The molecule has 1 aromatic heterocycles. The predicted molar refractivity (Wildman–Crippen MR) is 121 cm³/mol. The second kappa shape index (κ2) is 8.61. The molecule has 2 fully saturated rings. The third kappa shape index (κ3) is 4.33. The molecule has 0 amide bonds. The first-order chi connectivity index (χ1) is 15.1. The average Bonchev–Trinajstić information content (AvgIpc) is 3.28. The van der Waals surface area contributed by atoms with E-state index in [4.69, 9.17) is 4.98 Å². The predicted octanol–water partition coefficient (Wildman–Crippen LogP) is 3.30. The van der Waals surface area contributed by atoms with E-state index in [1.807, 2.05) is 12.1 Å². The summed E-state index contributed by atoms with van der Waals surface area (Å²) >= 11 is 0. The number of benzene rings is 1. The molecule has 4 heterocycles. The zero-order chi connectivity index (χ0) is 21.4. The first-order valence-electron chi connectivity index (χ1n) is 11.7. The van der Waals surface area contributed by atoms with E-state index in [-0.39, 0.29) is 11.4 Å². The molecule has 0 spiro atoms. The Morgan fingerprint density at radius 3 is 2.71 bits per heavy atom. The Bertz CT molecular complexity index is 1000. The molecule has 166 valence electrons. The van der Waals surface area contributed by atoms with Crippen LogP contribution in [-0.4, -0.2) is 47.6 Å². The van der Waals surface area contributed by atoms with Gasteiger partial charge in [0, 0.05) is 51.4 Å². The van der Waals surface area contributed by atoms with E-state index >= 15 is 0 Å². The number of aromatic nitrogens is 2. The number of nitrogens with zero attached hydrogens (tertiary/aromatic N) is 4. The highest BCUT2D eigenvalue weighted by Crippen LogP contribution is 2.26. The number of hydrogen-bond acceptors (Lipinski definition) is 5. The molecule has 6 nitrogen and oxygen atoms in total. The number of anilines is 2. The molecule has 0 bridgehead atoms. The van der Waals surface area contributed by atoms with Gasteiger partial charge in [0.05, 0.1) is 11.4 Å². The van der Waals surface area contributed by atoms with Crippen LogP contribution in [-0.2, 0) is 19.5 Å². The molecule has 2 aromatic rings. The molecule has 0 saturated carbocycles. The first kappa shape index (κ1) is 20.5. The second-order valence-electron chi connectivity index (χ2n) is 9.45. The van der Waals surface area contributed by atoms with Crippen LogP contribution in [0.2, 0.25) is 0 Å². The largest absolute Gasteiger partial charge is 0.369 e. The van der Waals surface area contributed by atoms with Crippen LogP contribution in [0.25, 0.3) is 0 Å². The van der Waals surface area contributed by atoms with Crippen LogP contribution in [0.15, 0.2) is 23.0 Å². The lowest BCUT2D eigenvalue weighted by Crippen LogP contribution is -2.39. The fourth-order valence-corrected chi connectivity index (χ4v) is 5.27. The van der Waals surface area contributed by atoms with Gasteiger partial charge in [-0.05, 0) is 55.7 Å². The van der Waals surface area contributed by atoms with Crippen LogP contribution in [0.1, 0.15) is 49.4 Å². The van der Waals surface area contributed by atoms with Gasteiger partial charge in [-0.1, -0.05) is 13.0 Å². The van der Waals surface area contributed by atoms with Crippen LogP contribution in [0.4, 0.5) is 16.0 Å². The zero-order valence-corrected chi connectivity index (χ0v) is 18.4. The zero-order valence-electron chi connectivity index (χ0n) is 18.4. The van der Waals surface area contributed by atoms with Crippen molar-refractivity contribution in [3.8, 4) is 0 Å². The number of aromatic amines is 1. The third-order valence-electron chi connectivity index (χ3n) is 6.96. The lowest BCUT2D eigenvalue weighted by Gasteiger charge is -2.33. The van der Waals surface area contributed by atoms with Gasteiger partial charge in [-0.15, -0.1) is 0 Å². The molecule has 1 N–H and O–H groups in total. The maximum Gasteiger partial charge on any atom is 0.255 e. The standard InChI is InChI=1S/C24H32FN5O/c1-17-5-4-11-30(14-17)24-26-21-16-28(12-8-19(21)23(31)27-24)15-18-6-7-22(20(25)13-18)29-9-2-3-10-29/h6-7,13,17H,2-5,8-12,14-16H2,1H3,(H,26,27,31)/t17-/m0/s1. The molecular formula is C24H32FN5O. The minimum absolute atomic E-state index is 0.00103. The molecule has 2 saturated heterocycles. The fraction of sp³-hybridized carbons (Fsp3) is 0.583. The fourth-order valence-electron chi connectivity index (χ4n) is 5.27. The number of H-pyrrole nitrogens is 1. The van der Waals surface area contributed by atoms with Gasteiger partial charge in [0.15, 0.2) is 0 Å². The van der Waals surface area contributed by atoms with Crippen molar-refractivity contribution in [1.29, 1.82) is 0 Å². The Labute approximate surface area is 183 Å². The van der Waals surface area contributed by atoms with Crippen molar-refractivity contribution in [2.45, 2.75) is 52.1 Å². The van der Waals surface area contributed by atoms with Crippen LogP contribution in [0.5, 0.6) is 0 Å². The molecule has 0 radical (unpaired) electrons. The summed E-state index contributed by atoms with van der Waals surface area (Å²) in [7, 11) is 0. The van der Waals surface area contributed by atoms with Crippen molar-refractivity contribution in [3.63, 3.8) is 0 Å². The molecule has 7 heteroatoms. The quantitative estimate of drug-likeness (QED) is 0.815. The van der Waals surface area contributed by atoms with Crippen molar-refractivity contribution in [3.05, 3.63) is 51.2 Å². The van der Waals surface area contributed by atoms with Crippen molar-refractivity contribution in [1.82, 2.24) is 14.9 Å². The second-order valence-corrected chi connectivity index (χ2v) is 9.45. The van der Waals surface area contributed by atoms with Gasteiger partial charge in [-0.25, -0.2) is 9.37 Å². The van der Waals surface area contributed by atoms with E-state index < -0.39 is 0 Å². The van der Waals surface area contributed by atoms with Crippen LogP contribution in [0.3, 0.4) is 0 Å². The van der Waals surface area contributed by atoms with E-state index in [0.717, 1.165) is 74.5 Å². The van der Waals surface area contributed by atoms with Gasteiger partial charge >= 0.3 is 0 Å². The molecule has 3 aliphatic rings. The average molecular weight is 426 g/mol. The molecule has 0 aliphatic carbocycles. The number of hydrogen-bond donors (Lipinski definition) is 1. The maximum atomic E-state index is 14.7. The topological polar surface area (TPSA) is 55.5 Å². The summed E-state index contributed by atoms with van der Waals surface area (Å²) in [6.07, 6.45) is 5.32. The van der Waals surface area contributed by atoms with Gasteiger partial charge in [0.2, 0.25) is 5.95 Å². The summed E-state index contributed by atoms with van der Waals surface area (Å²) in [5.41, 5.74) is 3.37. The maximum absolute atomic E-state index is 14.7. The Balaban J connectivity index is 1.31. The number of fused-ring (bicyclic) bond motifs is 1. The molecule has 31 heavy (non-hydrogen) atoms. The number of nitrogens with one attached hydrogen (secondary N) is 1. The molecule has 1 atom stereocenters. The SMILES string of the molecule is C[C@H]1CCCN(c2nc3c(c(=O)[nH]2)CCN(Cc2ccc(N4CCCC4)c(F)c2)C3)C1. The lowest BCUT2D eigenvalue weighted by molar-refractivity contribution is 0.240. The van der Waals surface area contributed by atoms with E-state index in [1.54, 1.807) is 6.07 Å². The highest BCUT2D eigenvalue weighted by Gasteiger charge is 2.25. The number of halogens is 1. The van der Waals surface area contributed by atoms with Crippen molar-refractivity contribution in [2.75, 3.05) is 42.5 Å². The van der Waals surface area contributed by atoms with Gasteiger partial charge in [-0.2, -0.15) is 0 Å². The highest BCUT2D eigenvalue weighted by molar-refractivity contribution is 5.50. The summed E-state index contributed by atoms with van der Waals surface area (Å²) in [6, 6.07) is 5.64. The minimum atomic E-state index is -0.132. The van der Waals surface area contributed by atoms with Gasteiger partial charge in [0.25, 0.3) is 5.56 Å². The summed E-state index contributed by atoms with van der Waals surface area (Å²) < 4.78 is 14.7. The smallest absolute Gasteiger partial charge is 0.255 e. The summed E-state index contributed by atoms with van der Waals surface area (Å²) in [5.74, 6) is 1.19. The molecule has 1 aromatic carbocycles. The minimum Gasteiger partial charge on any atom is -0.369 e. The monoisotopic (exact) mass is 425 g/mol. The van der Waals surface area contributed by atoms with Crippen LogP contribution < -0.4 is 15.4 Å². The number of piperidine rings is 1. The van der Waals surface area contributed by atoms with Crippen LogP contribution in [0, 0.1) is 11.7 Å². The Morgan fingerprint density at radius 1 is 1.13 bits per heavy atom. The van der Waals surface area contributed by atoms with E-state index in [9.17, 15) is 9.18 Å². The van der Waals surface area contributed by atoms with Crippen molar-refractivity contribution < 1.29 is 4.39 Å². The van der Waals surface area contributed by atoms with Gasteiger partial charge in [-0.3, -0.25) is 14.7 Å². The van der Waals surface area contributed by atoms with E-state index in [0.29, 0.717) is 31.4 Å². The first-order valence-corrected chi connectivity index (χ1v) is 11.7. The van der Waals surface area contributed by atoms with E-state index in [2.05, 4.69) is 26.6 Å². The van der Waals surface area contributed by atoms with Gasteiger partial charge < -0.3 is 9.80 Å².